The molecule has 35 heavy (non-hydrogen) atoms. The fraction of sp³-hybridized carbons (Fsp3) is 0.208. The summed E-state index contributed by atoms with van der Waals surface area (Å²) >= 11 is 0. The lowest BCUT2D eigenvalue weighted by atomic mass is 9.98. The molecule has 0 bridgehead atoms. The first-order valence-corrected chi connectivity index (χ1v) is 12.1. The molecular formula is C24H22F3N3O4S. The fourth-order valence-corrected chi connectivity index (χ4v) is 5.05. The number of aryl methyl sites for hydroxylation is 1. The molecule has 1 aromatic heterocycles. The van der Waals surface area contributed by atoms with Crippen molar-refractivity contribution < 1.29 is 31.5 Å². The van der Waals surface area contributed by atoms with Gasteiger partial charge in [0.25, 0.3) is 0 Å². The SMILES string of the molecule is Cc1cc(C(=N)C(CCS(=O)(=O)c2ccccc2C(F)(F)F)C(=O)O)n(C=Cc2ccccc2)n1. The molecule has 0 radical (unpaired) electrons. The summed E-state index contributed by atoms with van der Waals surface area (Å²) in [5.74, 6) is -3.93. The molecule has 0 saturated heterocycles. The van der Waals surface area contributed by atoms with Gasteiger partial charge in [-0.1, -0.05) is 42.5 Å². The van der Waals surface area contributed by atoms with E-state index < -0.39 is 56.2 Å². The summed E-state index contributed by atoms with van der Waals surface area (Å²) in [5, 5.41) is 22.4. The second-order valence-electron chi connectivity index (χ2n) is 7.75. The number of halogens is 3. The average Bonchev–Trinajstić information content (AvgIpc) is 3.18. The first-order valence-electron chi connectivity index (χ1n) is 10.4. The molecule has 2 N–H and O–H groups in total. The third kappa shape index (κ3) is 6.24. The summed E-state index contributed by atoms with van der Waals surface area (Å²) in [6.07, 6.45) is -2.23. The summed E-state index contributed by atoms with van der Waals surface area (Å²) in [6, 6.07) is 14.4. The number of sulfone groups is 1. The molecule has 3 aromatic rings. The van der Waals surface area contributed by atoms with Crippen molar-refractivity contribution in [1.82, 2.24) is 9.78 Å². The third-order valence-electron chi connectivity index (χ3n) is 5.19. The van der Waals surface area contributed by atoms with E-state index in [1.165, 1.54) is 16.8 Å². The number of benzene rings is 2. The smallest absolute Gasteiger partial charge is 0.417 e. The highest BCUT2D eigenvalue weighted by Crippen LogP contribution is 2.34. The molecule has 1 unspecified atom stereocenters. The van der Waals surface area contributed by atoms with Crippen LogP contribution in [0.1, 0.15) is 28.9 Å². The minimum Gasteiger partial charge on any atom is -0.481 e. The van der Waals surface area contributed by atoms with E-state index >= 15 is 0 Å². The number of nitrogens with one attached hydrogen (secondary N) is 1. The molecule has 0 saturated carbocycles. The number of carbonyl (C=O) groups is 1. The number of aliphatic carboxylic acids is 1. The lowest BCUT2D eigenvalue weighted by Gasteiger charge is -2.16. The largest absolute Gasteiger partial charge is 0.481 e. The summed E-state index contributed by atoms with van der Waals surface area (Å²) in [5.41, 5.74) is -0.257. The van der Waals surface area contributed by atoms with Crippen molar-refractivity contribution in [2.24, 2.45) is 5.92 Å². The van der Waals surface area contributed by atoms with E-state index in [1.807, 2.05) is 30.3 Å². The molecule has 184 valence electrons. The maximum Gasteiger partial charge on any atom is 0.417 e. The molecule has 1 heterocycles. The zero-order valence-corrected chi connectivity index (χ0v) is 19.3. The normalized spacial score (nSPS) is 13.1. The van der Waals surface area contributed by atoms with Gasteiger partial charge in [-0.15, -0.1) is 0 Å². The van der Waals surface area contributed by atoms with Crippen LogP contribution in [0.2, 0.25) is 0 Å². The second-order valence-corrected chi connectivity index (χ2v) is 9.83. The highest BCUT2D eigenvalue weighted by atomic mass is 32.2. The molecule has 1 atom stereocenters. The maximum absolute atomic E-state index is 13.3. The van der Waals surface area contributed by atoms with Crippen LogP contribution in [0.5, 0.6) is 0 Å². The van der Waals surface area contributed by atoms with Gasteiger partial charge in [0, 0.05) is 6.20 Å². The molecule has 11 heteroatoms. The Morgan fingerprint density at radius 1 is 1.14 bits per heavy atom. The van der Waals surface area contributed by atoms with Gasteiger partial charge in [-0.05, 0) is 43.2 Å². The van der Waals surface area contributed by atoms with E-state index in [4.69, 9.17) is 5.41 Å². The van der Waals surface area contributed by atoms with Gasteiger partial charge < -0.3 is 10.5 Å². The predicted molar refractivity (Wildman–Crippen MR) is 125 cm³/mol. The first kappa shape index (κ1) is 25.9. The number of carboxylic acid groups (broad SMARTS) is 1. The Balaban J connectivity index is 1.86. The van der Waals surface area contributed by atoms with Gasteiger partial charge in [0.2, 0.25) is 0 Å². The molecule has 0 aliphatic rings. The molecule has 2 aromatic carbocycles. The molecule has 0 spiro atoms. The van der Waals surface area contributed by atoms with Crippen molar-refractivity contribution in [2.75, 3.05) is 5.75 Å². The van der Waals surface area contributed by atoms with Crippen molar-refractivity contribution in [1.29, 1.82) is 5.41 Å². The number of hydrogen-bond donors (Lipinski definition) is 2. The van der Waals surface area contributed by atoms with E-state index in [0.717, 1.165) is 17.7 Å². The summed E-state index contributed by atoms with van der Waals surface area (Å²) in [6.45, 7) is 1.65. The summed E-state index contributed by atoms with van der Waals surface area (Å²) in [7, 11) is -4.49. The van der Waals surface area contributed by atoms with E-state index in [1.54, 1.807) is 19.2 Å². The number of rotatable bonds is 9. The molecule has 7 nitrogen and oxygen atoms in total. The van der Waals surface area contributed by atoms with Crippen LogP contribution in [0.3, 0.4) is 0 Å². The van der Waals surface area contributed by atoms with Crippen LogP contribution in [-0.4, -0.2) is 40.7 Å². The molecule has 0 aliphatic heterocycles. The Hall–Kier alpha value is -3.73. The Labute approximate surface area is 200 Å². The Morgan fingerprint density at radius 2 is 1.77 bits per heavy atom. The number of alkyl halides is 3. The van der Waals surface area contributed by atoms with Gasteiger partial charge in [0.1, 0.15) is 5.92 Å². The fourth-order valence-electron chi connectivity index (χ4n) is 3.48. The van der Waals surface area contributed by atoms with Crippen molar-refractivity contribution >= 4 is 33.8 Å². The van der Waals surface area contributed by atoms with E-state index in [-0.39, 0.29) is 5.69 Å². The van der Waals surface area contributed by atoms with Gasteiger partial charge in [-0.3, -0.25) is 4.79 Å². The van der Waals surface area contributed by atoms with E-state index in [2.05, 4.69) is 5.10 Å². The molecule has 0 fully saturated rings. The van der Waals surface area contributed by atoms with Crippen molar-refractivity contribution in [3.63, 3.8) is 0 Å². The minimum atomic E-state index is -4.89. The quantitative estimate of drug-likeness (QED) is 0.407. The molecular weight excluding hydrogens is 483 g/mol. The number of hydrogen-bond acceptors (Lipinski definition) is 5. The number of carboxylic acids is 1. The predicted octanol–water partition coefficient (Wildman–Crippen LogP) is 4.77. The number of nitrogens with zero attached hydrogens (tertiary/aromatic N) is 2. The van der Waals surface area contributed by atoms with Crippen LogP contribution in [-0.2, 0) is 20.8 Å². The Bertz CT molecular complexity index is 1360. The Morgan fingerprint density at radius 3 is 2.40 bits per heavy atom. The van der Waals surface area contributed by atoms with Gasteiger partial charge in [0.15, 0.2) is 9.84 Å². The van der Waals surface area contributed by atoms with E-state index in [0.29, 0.717) is 11.8 Å². The van der Waals surface area contributed by atoms with Crippen LogP contribution in [0, 0.1) is 18.3 Å². The highest BCUT2D eigenvalue weighted by molar-refractivity contribution is 7.91. The molecule has 3 rings (SSSR count). The zero-order chi connectivity index (χ0) is 25.8. The monoisotopic (exact) mass is 505 g/mol. The Kier molecular flexibility index (Phi) is 7.59. The zero-order valence-electron chi connectivity index (χ0n) is 18.5. The maximum atomic E-state index is 13.3. The van der Waals surface area contributed by atoms with Gasteiger partial charge in [-0.2, -0.15) is 18.3 Å². The van der Waals surface area contributed by atoms with Gasteiger partial charge >= 0.3 is 12.1 Å². The molecule has 0 amide bonds. The highest BCUT2D eigenvalue weighted by Gasteiger charge is 2.37. The van der Waals surface area contributed by atoms with Crippen molar-refractivity contribution in [3.05, 3.63) is 83.2 Å². The minimum absolute atomic E-state index is 0.134. The van der Waals surface area contributed by atoms with Crippen LogP contribution in [0.15, 0.2) is 65.6 Å². The lowest BCUT2D eigenvalue weighted by molar-refractivity contribution is -0.140. The van der Waals surface area contributed by atoms with Crippen molar-refractivity contribution in [2.45, 2.75) is 24.4 Å². The second kappa shape index (κ2) is 10.3. The van der Waals surface area contributed by atoms with Crippen LogP contribution >= 0.6 is 0 Å². The summed E-state index contributed by atoms with van der Waals surface area (Å²) in [4.78, 5) is 11.0. The topological polar surface area (TPSA) is 113 Å². The van der Waals surface area contributed by atoms with Gasteiger partial charge in [-0.25, -0.2) is 13.1 Å². The number of aromatic nitrogens is 2. The summed E-state index contributed by atoms with van der Waals surface area (Å²) < 4.78 is 66.6. The third-order valence-corrected chi connectivity index (χ3v) is 6.99. The van der Waals surface area contributed by atoms with E-state index in [9.17, 15) is 31.5 Å². The standard InChI is InChI=1S/C24H22F3N3O4S/c1-16-15-20(30(29-16)13-11-17-7-3-2-4-8-17)22(28)18(23(31)32)12-14-35(33,34)21-10-6-5-9-19(21)24(25,26)27/h2-11,13,15,18,28H,12,14H2,1H3,(H,31,32). The van der Waals surface area contributed by atoms with Crippen LogP contribution in [0.25, 0.3) is 12.3 Å². The molecule has 0 aliphatic carbocycles. The van der Waals surface area contributed by atoms with Crippen LogP contribution < -0.4 is 0 Å². The average molecular weight is 506 g/mol. The first-order chi connectivity index (χ1) is 16.4. The van der Waals surface area contributed by atoms with Gasteiger partial charge in [0.05, 0.1) is 33.3 Å². The van der Waals surface area contributed by atoms with Crippen molar-refractivity contribution in [3.8, 4) is 0 Å². The van der Waals surface area contributed by atoms with Crippen LogP contribution in [0.4, 0.5) is 13.2 Å². The lowest BCUT2D eigenvalue weighted by Crippen LogP contribution is -2.28.